The highest BCUT2D eigenvalue weighted by Gasteiger charge is 2.16. The molecule has 0 aliphatic heterocycles. The van der Waals surface area contributed by atoms with E-state index in [0.29, 0.717) is 22.0 Å². The first-order valence-corrected chi connectivity index (χ1v) is 9.17. The number of rotatable bonds is 7. The molecule has 11 heteroatoms. The van der Waals surface area contributed by atoms with Crippen molar-refractivity contribution in [2.45, 2.75) is 5.22 Å². The van der Waals surface area contributed by atoms with Crippen LogP contribution in [0.3, 0.4) is 0 Å². The minimum atomic E-state index is -0.533. The van der Waals surface area contributed by atoms with Gasteiger partial charge in [0.15, 0.2) is 0 Å². The highest BCUT2D eigenvalue weighted by molar-refractivity contribution is 7.99. The van der Waals surface area contributed by atoms with Crippen LogP contribution in [0.25, 0.3) is 11.5 Å². The minimum Gasteiger partial charge on any atom is -0.496 e. The topological polar surface area (TPSA) is 120 Å². The van der Waals surface area contributed by atoms with Gasteiger partial charge in [0, 0.05) is 22.8 Å². The number of nitrogens with one attached hydrogen (secondary N) is 1. The summed E-state index contributed by atoms with van der Waals surface area (Å²) < 4.78 is 10.8. The second-order valence-corrected chi connectivity index (χ2v) is 6.73. The maximum atomic E-state index is 12.1. The summed E-state index contributed by atoms with van der Waals surface area (Å²) in [6.07, 6.45) is 0. The number of carbonyl (C=O) groups is 1. The minimum absolute atomic E-state index is 0.0169. The lowest BCUT2D eigenvalue weighted by Gasteiger charge is -2.05. The van der Waals surface area contributed by atoms with E-state index >= 15 is 0 Å². The van der Waals surface area contributed by atoms with Gasteiger partial charge in [-0.05, 0) is 24.3 Å². The van der Waals surface area contributed by atoms with E-state index in [-0.39, 0.29) is 28.5 Å². The predicted molar refractivity (Wildman–Crippen MR) is 104 cm³/mol. The molecule has 0 saturated heterocycles. The molecular formula is C17H13ClN4O5S. The lowest BCUT2D eigenvalue weighted by atomic mass is 10.2. The van der Waals surface area contributed by atoms with Crippen molar-refractivity contribution in [1.82, 2.24) is 10.2 Å². The van der Waals surface area contributed by atoms with E-state index in [1.165, 1.54) is 25.3 Å². The number of nitro groups is 1. The largest absolute Gasteiger partial charge is 0.496 e. The number of hydrogen-bond donors (Lipinski definition) is 1. The fourth-order valence-corrected chi connectivity index (χ4v) is 2.98. The third-order valence-corrected chi connectivity index (χ3v) is 4.52. The molecule has 144 valence electrons. The Labute approximate surface area is 168 Å². The number of ether oxygens (including phenoxy) is 1. The Morgan fingerprint density at radius 2 is 2.14 bits per heavy atom. The molecule has 0 bridgehead atoms. The molecule has 0 saturated carbocycles. The van der Waals surface area contributed by atoms with E-state index in [1.54, 1.807) is 24.3 Å². The maximum Gasteiger partial charge on any atom is 0.277 e. The molecule has 0 radical (unpaired) electrons. The molecule has 1 aromatic heterocycles. The highest BCUT2D eigenvalue weighted by atomic mass is 35.5. The Balaban J connectivity index is 1.63. The van der Waals surface area contributed by atoms with E-state index in [4.69, 9.17) is 20.8 Å². The van der Waals surface area contributed by atoms with E-state index in [0.717, 1.165) is 11.8 Å². The molecule has 1 N–H and O–H groups in total. The third kappa shape index (κ3) is 4.78. The standard InChI is InChI=1S/C17H13ClN4O5S/c1-26-14-6-5-10(18)7-13(14)16-20-21-17(27-16)28-9-15(23)19-11-3-2-4-12(8-11)22(24)25/h2-8H,9H2,1H3,(H,19,23). The van der Waals surface area contributed by atoms with Crippen molar-refractivity contribution in [3.63, 3.8) is 0 Å². The third-order valence-electron chi connectivity index (χ3n) is 3.47. The molecule has 0 aliphatic carbocycles. The molecule has 0 aliphatic rings. The van der Waals surface area contributed by atoms with Gasteiger partial charge in [0.05, 0.1) is 23.3 Å². The van der Waals surface area contributed by atoms with Gasteiger partial charge >= 0.3 is 0 Å². The molecule has 3 aromatic rings. The van der Waals surface area contributed by atoms with Crippen LogP contribution in [-0.4, -0.2) is 33.9 Å². The Bertz CT molecular complexity index is 1030. The van der Waals surface area contributed by atoms with Crippen molar-refractivity contribution in [3.8, 4) is 17.2 Å². The summed E-state index contributed by atoms with van der Waals surface area (Å²) in [6.45, 7) is 0. The number of benzene rings is 2. The summed E-state index contributed by atoms with van der Waals surface area (Å²) in [7, 11) is 1.51. The van der Waals surface area contributed by atoms with Gasteiger partial charge in [-0.15, -0.1) is 10.2 Å². The Morgan fingerprint density at radius 3 is 2.89 bits per heavy atom. The number of hydrogen-bond acceptors (Lipinski definition) is 8. The number of methoxy groups -OCH3 is 1. The highest BCUT2D eigenvalue weighted by Crippen LogP contribution is 2.33. The zero-order chi connectivity index (χ0) is 20.1. The number of anilines is 1. The molecule has 0 fully saturated rings. The maximum absolute atomic E-state index is 12.1. The van der Waals surface area contributed by atoms with E-state index in [2.05, 4.69) is 15.5 Å². The van der Waals surface area contributed by atoms with Crippen molar-refractivity contribution in [3.05, 3.63) is 57.6 Å². The van der Waals surface area contributed by atoms with E-state index < -0.39 is 4.92 Å². The molecule has 2 aromatic carbocycles. The smallest absolute Gasteiger partial charge is 0.277 e. The average Bonchev–Trinajstić information content (AvgIpc) is 3.15. The van der Waals surface area contributed by atoms with Gasteiger partial charge in [-0.2, -0.15) is 0 Å². The van der Waals surface area contributed by atoms with Crippen LogP contribution in [0.1, 0.15) is 0 Å². The van der Waals surface area contributed by atoms with E-state index in [1.807, 2.05) is 0 Å². The molecule has 28 heavy (non-hydrogen) atoms. The summed E-state index contributed by atoms with van der Waals surface area (Å²) >= 11 is 7.03. The van der Waals surface area contributed by atoms with Crippen LogP contribution in [-0.2, 0) is 4.79 Å². The van der Waals surface area contributed by atoms with Crippen LogP contribution < -0.4 is 10.1 Å². The van der Waals surface area contributed by atoms with Gasteiger partial charge in [-0.3, -0.25) is 14.9 Å². The van der Waals surface area contributed by atoms with Crippen LogP contribution in [0.5, 0.6) is 5.75 Å². The van der Waals surface area contributed by atoms with Crippen LogP contribution in [0.2, 0.25) is 5.02 Å². The normalized spacial score (nSPS) is 10.5. The SMILES string of the molecule is COc1ccc(Cl)cc1-c1nnc(SCC(=O)Nc2cccc([N+](=O)[O-])c2)o1. The van der Waals surface area contributed by atoms with Crippen LogP contribution in [0.4, 0.5) is 11.4 Å². The van der Waals surface area contributed by atoms with Gasteiger partial charge < -0.3 is 14.5 Å². The number of nitrogens with zero attached hydrogens (tertiary/aromatic N) is 3. The first-order valence-electron chi connectivity index (χ1n) is 7.81. The lowest BCUT2D eigenvalue weighted by Crippen LogP contribution is -2.14. The predicted octanol–water partition coefficient (Wildman–Crippen LogP) is 4.04. The summed E-state index contributed by atoms with van der Waals surface area (Å²) in [5.74, 6) is 0.344. The van der Waals surface area contributed by atoms with Gasteiger partial charge in [0.25, 0.3) is 16.8 Å². The quantitative estimate of drug-likeness (QED) is 0.345. The fourth-order valence-electron chi connectivity index (χ4n) is 2.25. The number of amides is 1. The van der Waals surface area contributed by atoms with Crippen molar-refractivity contribution >= 4 is 40.6 Å². The number of non-ortho nitro benzene ring substituents is 1. The average molecular weight is 421 g/mol. The zero-order valence-corrected chi connectivity index (χ0v) is 16.0. The van der Waals surface area contributed by atoms with Crippen molar-refractivity contribution in [2.75, 3.05) is 18.2 Å². The summed E-state index contributed by atoms with van der Waals surface area (Å²) in [6, 6.07) is 10.7. The van der Waals surface area contributed by atoms with Crippen molar-refractivity contribution in [1.29, 1.82) is 0 Å². The molecule has 1 amide bonds. The summed E-state index contributed by atoms with van der Waals surface area (Å²) in [5, 5.41) is 21.9. The van der Waals surface area contributed by atoms with Gasteiger partial charge in [0.2, 0.25) is 5.91 Å². The van der Waals surface area contributed by atoms with Gasteiger partial charge in [-0.1, -0.05) is 29.4 Å². The first-order chi connectivity index (χ1) is 13.5. The summed E-state index contributed by atoms with van der Waals surface area (Å²) in [4.78, 5) is 22.3. The number of carbonyl (C=O) groups excluding carboxylic acids is 1. The molecule has 3 rings (SSSR count). The van der Waals surface area contributed by atoms with Crippen LogP contribution in [0, 0.1) is 10.1 Å². The van der Waals surface area contributed by atoms with Gasteiger partial charge in [0.1, 0.15) is 5.75 Å². The monoisotopic (exact) mass is 420 g/mol. The van der Waals surface area contributed by atoms with Crippen LogP contribution >= 0.6 is 23.4 Å². The lowest BCUT2D eigenvalue weighted by molar-refractivity contribution is -0.384. The molecule has 1 heterocycles. The number of nitro benzene ring substituents is 1. The molecule has 9 nitrogen and oxygen atoms in total. The Morgan fingerprint density at radius 1 is 1.32 bits per heavy atom. The second kappa shape index (κ2) is 8.72. The summed E-state index contributed by atoms with van der Waals surface area (Å²) in [5.41, 5.74) is 0.757. The number of thioether (sulfide) groups is 1. The molecular weight excluding hydrogens is 408 g/mol. The second-order valence-electron chi connectivity index (χ2n) is 5.36. The Kier molecular flexibility index (Phi) is 6.12. The number of halogens is 1. The van der Waals surface area contributed by atoms with E-state index in [9.17, 15) is 14.9 Å². The van der Waals surface area contributed by atoms with Crippen LogP contribution in [0.15, 0.2) is 52.1 Å². The number of aromatic nitrogens is 2. The molecule has 0 unspecified atom stereocenters. The molecule has 0 atom stereocenters. The fraction of sp³-hybridized carbons (Fsp3) is 0.118. The zero-order valence-electron chi connectivity index (χ0n) is 14.4. The van der Waals surface area contributed by atoms with Crippen molar-refractivity contribution < 1.29 is 18.9 Å². The Hall–Kier alpha value is -3.11. The first kappa shape index (κ1) is 19.6. The van der Waals surface area contributed by atoms with Gasteiger partial charge in [-0.25, -0.2) is 0 Å². The molecule has 0 spiro atoms. The van der Waals surface area contributed by atoms with Crippen molar-refractivity contribution in [2.24, 2.45) is 0 Å².